The number of pyridine rings is 2. The number of nitrogens with zero attached hydrogens (tertiary/aromatic N) is 5. The number of hydrogen-bond acceptors (Lipinski definition) is 4. The monoisotopic (exact) mass is 265 g/mol. The second kappa shape index (κ2) is 3.71. The highest BCUT2D eigenvalue weighted by Gasteiger charge is 2.38. The van der Waals surface area contributed by atoms with E-state index in [0.717, 1.165) is 33.5 Å². The van der Waals surface area contributed by atoms with Crippen LogP contribution in [0.5, 0.6) is 0 Å². The number of aromatic nitrogens is 4. The Kier molecular flexibility index (Phi) is 2.08. The first kappa shape index (κ1) is 11.2. The Bertz CT molecular complexity index is 850. The summed E-state index contributed by atoms with van der Waals surface area (Å²) in [6.07, 6.45) is 9.22. The fourth-order valence-electron chi connectivity index (χ4n) is 2.72. The number of nitrogens with one attached hydrogen (secondary N) is 1. The average Bonchev–Trinajstić information content (AvgIpc) is 3.05. The molecule has 6 heteroatoms. The van der Waals surface area contributed by atoms with Crippen LogP contribution in [0.4, 0.5) is 11.4 Å². The number of aromatic amines is 1. The van der Waals surface area contributed by atoms with Gasteiger partial charge in [-0.05, 0) is 12.5 Å². The Balaban J connectivity index is 2.03. The summed E-state index contributed by atoms with van der Waals surface area (Å²) in [6, 6.07) is 1.98. The molecule has 1 unspecified atom stereocenters. The molecule has 1 aliphatic rings. The maximum atomic E-state index is 4.70. The van der Waals surface area contributed by atoms with Crippen molar-refractivity contribution >= 4 is 28.6 Å². The van der Waals surface area contributed by atoms with Crippen LogP contribution in [-0.4, -0.2) is 33.4 Å². The predicted molar refractivity (Wildman–Crippen MR) is 77.8 cm³/mol. The van der Waals surface area contributed by atoms with E-state index in [4.69, 9.17) is 5.10 Å². The van der Waals surface area contributed by atoms with Crippen LogP contribution in [-0.2, 0) is 0 Å². The smallest absolute Gasteiger partial charge is 0.192 e. The molecule has 0 spiro atoms. The molecular formula is C14H13N6+. The lowest BCUT2D eigenvalue weighted by Gasteiger charge is -2.23. The molecule has 4 rings (SSSR count). The van der Waals surface area contributed by atoms with Gasteiger partial charge in [0, 0.05) is 18.5 Å². The summed E-state index contributed by atoms with van der Waals surface area (Å²) in [5, 5.41) is 12.6. The standard InChI is InChI=1S/C14H13N6/c1-9-5-15-8-13-10(9)7-18-20(13,2)12-3-4-16-14-11(12)6-17-19-14/h3-8H,1-2H3,(H,16,17,19)/q+1. The zero-order valence-corrected chi connectivity index (χ0v) is 11.2. The summed E-state index contributed by atoms with van der Waals surface area (Å²) < 4.78 is 0.336. The van der Waals surface area contributed by atoms with Gasteiger partial charge in [-0.3, -0.25) is 10.1 Å². The highest BCUT2D eigenvalue weighted by Crippen LogP contribution is 2.41. The molecule has 3 aromatic rings. The maximum absolute atomic E-state index is 4.70. The maximum Gasteiger partial charge on any atom is 0.192 e. The van der Waals surface area contributed by atoms with Gasteiger partial charge in [0.1, 0.15) is 12.4 Å². The largest absolute Gasteiger partial charge is 0.261 e. The van der Waals surface area contributed by atoms with Crippen LogP contribution in [0.1, 0.15) is 11.1 Å². The topological polar surface area (TPSA) is 66.8 Å². The molecule has 0 bridgehead atoms. The third-order valence-corrected chi connectivity index (χ3v) is 3.85. The zero-order chi connectivity index (χ0) is 13.7. The molecule has 20 heavy (non-hydrogen) atoms. The SMILES string of the molecule is Cc1cncc2c1C=N[N+]2(C)c1ccnc2[nH]ncc12. The van der Waals surface area contributed by atoms with Crippen LogP contribution in [0.3, 0.4) is 0 Å². The summed E-state index contributed by atoms with van der Waals surface area (Å²) in [6.45, 7) is 2.05. The minimum Gasteiger partial charge on any atom is -0.261 e. The van der Waals surface area contributed by atoms with Gasteiger partial charge in [-0.2, -0.15) is 5.10 Å². The molecule has 0 saturated carbocycles. The number of aryl methyl sites for hydroxylation is 1. The first-order valence-corrected chi connectivity index (χ1v) is 6.36. The van der Waals surface area contributed by atoms with Crippen LogP contribution < -0.4 is 4.59 Å². The number of fused-ring (bicyclic) bond motifs is 2. The summed E-state index contributed by atoms with van der Waals surface area (Å²) >= 11 is 0. The molecule has 0 aliphatic carbocycles. The highest BCUT2D eigenvalue weighted by atomic mass is 15.6. The van der Waals surface area contributed by atoms with Gasteiger partial charge in [-0.25, -0.2) is 4.98 Å². The second-order valence-corrected chi connectivity index (χ2v) is 5.06. The number of H-pyrrole nitrogens is 1. The van der Waals surface area contributed by atoms with Gasteiger partial charge in [0.25, 0.3) is 0 Å². The Morgan fingerprint density at radius 3 is 2.95 bits per heavy atom. The van der Waals surface area contributed by atoms with Crippen molar-refractivity contribution in [3.05, 3.63) is 42.0 Å². The molecule has 0 fully saturated rings. The minimum absolute atomic E-state index is 0.336. The van der Waals surface area contributed by atoms with Gasteiger partial charge in [0.2, 0.25) is 0 Å². The Morgan fingerprint density at radius 1 is 1.15 bits per heavy atom. The summed E-state index contributed by atoms with van der Waals surface area (Å²) in [7, 11) is 2.05. The summed E-state index contributed by atoms with van der Waals surface area (Å²) in [5.41, 5.74) is 5.14. The molecule has 98 valence electrons. The van der Waals surface area contributed by atoms with Crippen molar-refractivity contribution in [1.29, 1.82) is 0 Å². The Labute approximate surface area is 115 Å². The fourth-order valence-corrected chi connectivity index (χ4v) is 2.72. The number of rotatable bonds is 1. The minimum atomic E-state index is 0.336. The van der Waals surface area contributed by atoms with E-state index in [1.54, 1.807) is 12.4 Å². The van der Waals surface area contributed by atoms with E-state index in [2.05, 4.69) is 20.2 Å². The van der Waals surface area contributed by atoms with E-state index in [1.807, 2.05) is 38.6 Å². The van der Waals surface area contributed by atoms with Gasteiger partial charge in [-0.1, -0.05) is 5.10 Å². The van der Waals surface area contributed by atoms with Gasteiger partial charge in [0.15, 0.2) is 17.0 Å². The van der Waals surface area contributed by atoms with Crippen molar-refractivity contribution in [3.63, 3.8) is 0 Å². The van der Waals surface area contributed by atoms with Crippen LogP contribution >= 0.6 is 0 Å². The number of hydrogen-bond donors (Lipinski definition) is 1. The molecule has 1 N–H and O–H groups in total. The normalized spacial score (nSPS) is 20.5. The van der Waals surface area contributed by atoms with E-state index in [0.29, 0.717) is 4.59 Å². The van der Waals surface area contributed by atoms with E-state index in [-0.39, 0.29) is 0 Å². The molecule has 1 aliphatic heterocycles. The predicted octanol–water partition coefficient (Wildman–Crippen LogP) is 2.28. The van der Waals surface area contributed by atoms with Crippen molar-refractivity contribution in [2.75, 3.05) is 7.05 Å². The summed E-state index contributed by atoms with van der Waals surface area (Å²) in [5.74, 6) is 0. The first-order chi connectivity index (χ1) is 9.70. The van der Waals surface area contributed by atoms with E-state index >= 15 is 0 Å². The van der Waals surface area contributed by atoms with Gasteiger partial charge >= 0.3 is 0 Å². The average molecular weight is 265 g/mol. The summed E-state index contributed by atoms with van der Waals surface area (Å²) in [4.78, 5) is 8.59. The molecule has 6 nitrogen and oxygen atoms in total. The van der Waals surface area contributed by atoms with Crippen LogP contribution in [0, 0.1) is 6.92 Å². The van der Waals surface area contributed by atoms with Crippen molar-refractivity contribution < 1.29 is 0 Å². The molecule has 3 aromatic heterocycles. The third kappa shape index (κ3) is 1.31. The second-order valence-electron chi connectivity index (χ2n) is 5.06. The molecule has 4 heterocycles. The highest BCUT2D eigenvalue weighted by molar-refractivity contribution is 5.98. The van der Waals surface area contributed by atoms with E-state index < -0.39 is 0 Å². The fraction of sp³-hybridized carbons (Fsp3) is 0.143. The zero-order valence-electron chi connectivity index (χ0n) is 11.2. The lowest BCUT2D eigenvalue weighted by molar-refractivity contribution is 0.502. The molecular weight excluding hydrogens is 252 g/mol. The third-order valence-electron chi connectivity index (χ3n) is 3.85. The van der Waals surface area contributed by atoms with Crippen molar-refractivity contribution in [1.82, 2.24) is 24.8 Å². The van der Waals surface area contributed by atoms with Crippen molar-refractivity contribution in [2.24, 2.45) is 5.10 Å². The first-order valence-electron chi connectivity index (χ1n) is 6.36. The molecule has 0 aromatic carbocycles. The van der Waals surface area contributed by atoms with Crippen molar-refractivity contribution in [2.45, 2.75) is 6.92 Å². The molecule has 0 radical (unpaired) electrons. The Hall–Kier alpha value is -2.60. The lowest BCUT2D eigenvalue weighted by atomic mass is 10.1. The van der Waals surface area contributed by atoms with E-state index in [9.17, 15) is 0 Å². The quantitative estimate of drug-likeness (QED) is 0.686. The van der Waals surface area contributed by atoms with Gasteiger partial charge in [0.05, 0.1) is 24.2 Å². The lowest BCUT2D eigenvalue weighted by Crippen LogP contribution is -2.31. The van der Waals surface area contributed by atoms with Crippen LogP contribution in [0.15, 0.2) is 36.0 Å². The molecule has 1 atom stereocenters. The molecule has 0 saturated heterocycles. The van der Waals surface area contributed by atoms with Crippen LogP contribution in [0.2, 0.25) is 0 Å². The van der Waals surface area contributed by atoms with Gasteiger partial charge in [-0.15, -0.1) is 4.59 Å². The Morgan fingerprint density at radius 2 is 2.05 bits per heavy atom. The van der Waals surface area contributed by atoms with Crippen LogP contribution in [0.25, 0.3) is 11.0 Å². The number of quaternary nitrogens is 1. The molecule has 0 amide bonds. The van der Waals surface area contributed by atoms with Crippen molar-refractivity contribution in [3.8, 4) is 0 Å². The van der Waals surface area contributed by atoms with E-state index in [1.165, 1.54) is 0 Å². The van der Waals surface area contributed by atoms with Gasteiger partial charge < -0.3 is 0 Å².